The number of alkyl halides is 3. The third-order valence-electron chi connectivity index (χ3n) is 4.00. The van der Waals surface area contributed by atoms with Gasteiger partial charge < -0.3 is 16.4 Å². The van der Waals surface area contributed by atoms with Gasteiger partial charge in [0.05, 0.1) is 22.4 Å². The monoisotopic (exact) mass is 413 g/mol. The average molecular weight is 413 g/mol. The zero-order chi connectivity index (χ0) is 21.7. The quantitative estimate of drug-likeness (QED) is 0.566. The van der Waals surface area contributed by atoms with Gasteiger partial charge in [-0.3, -0.25) is 9.78 Å². The highest BCUT2D eigenvalue weighted by atomic mass is 19.4. The lowest BCUT2D eigenvalue weighted by Crippen LogP contribution is -2.17. The number of aromatic nitrogens is 3. The van der Waals surface area contributed by atoms with E-state index in [2.05, 4.69) is 25.6 Å². The summed E-state index contributed by atoms with van der Waals surface area (Å²) in [6.07, 6.45) is 0.171. The minimum atomic E-state index is -4.54. The van der Waals surface area contributed by atoms with Crippen LogP contribution in [0.25, 0.3) is 0 Å². The molecular formula is C19H14F3N7O. The maximum absolute atomic E-state index is 13.2. The third kappa shape index (κ3) is 4.79. The first kappa shape index (κ1) is 20.5. The summed E-state index contributed by atoms with van der Waals surface area (Å²) >= 11 is 0. The molecule has 0 aliphatic rings. The average Bonchev–Trinajstić information content (AvgIpc) is 2.72. The standard InChI is InChI=1S/C19H14F3N7O/c20-19(21,22)14-3-4-25-8-12(14)9-26-15-5-17(28-10-13(15)18(24)30)29-16-2-1-11(6-23)7-27-16/h1-5,7-8,10H,9H2,(H2,24,30)(H2,26,27,28,29). The Morgan fingerprint density at radius 1 is 1.13 bits per heavy atom. The Hall–Kier alpha value is -4.20. The number of anilines is 3. The normalized spacial score (nSPS) is 10.9. The lowest BCUT2D eigenvalue weighted by Gasteiger charge is -2.15. The summed E-state index contributed by atoms with van der Waals surface area (Å²) < 4.78 is 39.5. The highest BCUT2D eigenvalue weighted by Gasteiger charge is 2.33. The molecule has 3 heterocycles. The number of nitrogens with two attached hydrogens (primary N) is 1. The van der Waals surface area contributed by atoms with Crippen molar-refractivity contribution in [3.05, 3.63) is 71.3 Å². The molecule has 0 aliphatic carbocycles. The fourth-order valence-electron chi connectivity index (χ4n) is 2.57. The summed E-state index contributed by atoms with van der Waals surface area (Å²) in [7, 11) is 0. The van der Waals surface area contributed by atoms with E-state index in [1.807, 2.05) is 6.07 Å². The van der Waals surface area contributed by atoms with Gasteiger partial charge in [-0.25, -0.2) is 9.97 Å². The van der Waals surface area contributed by atoms with Gasteiger partial charge in [-0.2, -0.15) is 18.4 Å². The van der Waals surface area contributed by atoms with Crippen LogP contribution in [0, 0.1) is 11.3 Å². The second-order valence-corrected chi connectivity index (χ2v) is 6.03. The molecule has 3 aromatic rings. The predicted molar refractivity (Wildman–Crippen MR) is 102 cm³/mol. The van der Waals surface area contributed by atoms with Crippen LogP contribution in [0.5, 0.6) is 0 Å². The van der Waals surface area contributed by atoms with E-state index in [9.17, 15) is 18.0 Å². The van der Waals surface area contributed by atoms with Crippen molar-refractivity contribution in [1.82, 2.24) is 15.0 Å². The van der Waals surface area contributed by atoms with Crippen LogP contribution in [0.1, 0.15) is 27.0 Å². The Morgan fingerprint density at radius 2 is 1.90 bits per heavy atom. The number of hydrogen-bond acceptors (Lipinski definition) is 7. The number of amides is 1. The first-order valence-electron chi connectivity index (χ1n) is 8.45. The Morgan fingerprint density at radius 3 is 2.53 bits per heavy atom. The summed E-state index contributed by atoms with van der Waals surface area (Å²) in [6.45, 7) is -0.248. The second-order valence-electron chi connectivity index (χ2n) is 6.03. The van der Waals surface area contributed by atoms with Gasteiger partial charge in [0, 0.05) is 43.0 Å². The number of nitrogens with one attached hydrogen (secondary N) is 2. The lowest BCUT2D eigenvalue weighted by atomic mass is 10.1. The summed E-state index contributed by atoms with van der Waals surface area (Å²) in [4.78, 5) is 23.5. The SMILES string of the molecule is N#Cc1ccc(Nc2cc(NCc3cnccc3C(F)(F)F)c(C(N)=O)cn2)nc1. The van der Waals surface area contributed by atoms with Crippen LogP contribution in [-0.2, 0) is 12.7 Å². The molecule has 0 aliphatic heterocycles. The minimum absolute atomic E-state index is 0.00536. The van der Waals surface area contributed by atoms with Crippen molar-refractivity contribution in [2.75, 3.05) is 10.6 Å². The van der Waals surface area contributed by atoms with Crippen LogP contribution in [0.4, 0.5) is 30.5 Å². The number of primary amides is 1. The number of halogens is 3. The summed E-state index contributed by atoms with van der Waals surface area (Å²) in [6, 6.07) is 7.34. The molecule has 4 N–H and O–H groups in total. The molecule has 0 saturated heterocycles. The van der Waals surface area contributed by atoms with Crippen molar-refractivity contribution in [1.29, 1.82) is 5.26 Å². The van der Waals surface area contributed by atoms with E-state index in [1.54, 1.807) is 12.1 Å². The van der Waals surface area contributed by atoms with Crippen molar-refractivity contribution in [3.8, 4) is 6.07 Å². The predicted octanol–water partition coefficient (Wildman–Crippen LogP) is 3.22. The molecule has 0 unspecified atom stereocenters. The largest absolute Gasteiger partial charge is 0.416 e. The van der Waals surface area contributed by atoms with Crippen molar-refractivity contribution in [2.24, 2.45) is 5.73 Å². The Kier molecular flexibility index (Phi) is 5.78. The second kappa shape index (κ2) is 8.44. The van der Waals surface area contributed by atoms with E-state index in [4.69, 9.17) is 11.0 Å². The van der Waals surface area contributed by atoms with E-state index in [0.717, 1.165) is 18.5 Å². The van der Waals surface area contributed by atoms with E-state index in [-0.39, 0.29) is 29.2 Å². The lowest BCUT2D eigenvalue weighted by molar-refractivity contribution is -0.138. The van der Waals surface area contributed by atoms with Gasteiger partial charge in [-0.1, -0.05) is 0 Å². The van der Waals surface area contributed by atoms with Crippen LogP contribution in [0.15, 0.2) is 49.1 Å². The molecule has 0 spiro atoms. The molecule has 0 atom stereocenters. The van der Waals surface area contributed by atoms with Crippen LogP contribution >= 0.6 is 0 Å². The molecule has 0 radical (unpaired) electrons. The molecule has 0 bridgehead atoms. The van der Waals surface area contributed by atoms with Gasteiger partial charge in [0.15, 0.2) is 0 Å². The summed E-state index contributed by atoms with van der Waals surface area (Å²) in [5, 5.41) is 14.5. The van der Waals surface area contributed by atoms with Crippen molar-refractivity contribution in [3.63, 3.8) is 0 Å². The van der Waals surface area contributed by atoms with Crippen LogP contribution in [0.3, 0.4) is 0 Å². The van der Waals surface area contributed by atoms with E-state index >= 15 is 0 Å². The number of nitriles is 1. The molecule has 0 saturated carbocycles. The van der Waals surface area contributed by atoms with E-state index in [1.165, 1.54) is 18.5 Å². The Balaban J connectivity index is 1.85. The minimum Gasteiger partial charge on any atom is -0.380 e. The zero-order valence-electron chi connectivity index (χ0n) is 15.2. The number of nitrogens with zero attached hydrogens (tertiary/aromatic N) is 4. The Labute approximate surface area is 168 Å². The highest BCUT2D eigenvalue weighted by molar-refractivity contribution is 5.98. The van der Waals surface area contributed by atoms with Crippen LogP contribution in [0.2, 0.25) is 0 Å². The Bertz CT molecular complexity index is 1110. The number of pyridine rings is 3. The zero-order valence-corrected chi connectivity index (χ0v) is 15.2. The van der Waals surface area contributed by atoms with Crippen molar-refractivity contribution < 1.29 is 18.0 Å². The number of carbonyl (C=O) groups excluding carboxylic acids is 1. The third-order valence-corrected chi connectivity index (χ3v) is 4.00. The summed E-state index contributed by atoms with van der Waals surface area (Å²) in [5.74, 6) is -0.150. The molecule has 3 aromatic heterocycles. The molecule has 0 fully saturated rings. The first-order valence-corrected chi connectivity index (χ1v) is 8.45. The number of hydrogen-bond donors (Lipinski definition) is 3. The fourth-order valence-corrected chi connectivity index (χ4v) is 2.57. The van der Waals surface area contributed by atoms with Crippen molar-refractivity contribution in [2.45, 2.75) is 12.7 Å². The van der Waals surface area contributed by atoms with E-state index in [0.29, 0.717) is 11.4 Å². The van der Waals surface area contributed by atoms with Crippen molar-refractivity contribution >= 4 is 23.2 Å². The van der Waals surface area contributed by atoms with Crippen LogP contribution < -0.4 is 16.4 Å². The van der Waals surface area contributed by atoms with Gasteiger partial charge in [-0.15, -0.1) is 0 Å². The first-order chi connectivity index (χ1) is 14.3. The molecule has 0 aromatic carbocycles. The molecule has 11 heteroatoms. The van der Waals surface area contributed by atoms with Crippen LogP contribution in [-0.4, -0.2) is 20.9 Å². The number of carbonyl (C=O) groups is 1. The van der Waals surface area contributed by atoms with Gasteiger partial charge >= 0.3 is 6.18 Å². The smallest absolute Gasteiger partial charge is 0.380 e. The summed E-state index contributed by atoms with van der Waals surface area (Å²) in [5.41, 5.74) is 4.98. The molecule has 30 heavy (non-hydrogen) atoms. The fraction of sp³-hybridized carbons (Fsp3) is 0.105. The topological polar surface area (TPSA) is 130 Å². The number of rotatable bonds is 6. The molecule has 1 amide bonds. The molecule has 8 nitrogen and oxygen atoms in total. The highest BCUT2D eigenvalue weighted by Crippen LogP contribution is 2.32. The van der Waals surface area contributed by atoms with Gasteiger partial charge in [0.2, 0.25) is 0 Å². The van der Waals surface area contributed by atoms with E-state index < -0.39 is 17.6 Å². The maximum Gasteiger partial charge on any atom is 0.416 e. The van der Waals surface area contributed by atoms with Gasteiger partial charge in [-0.05, 0) is 18.2 Å². The van der Waals surface area contributed by atoms with Gasteiger partial charge in [0.25, 0.3) is 5.91 Å². The molecule has 3 rings (SSSR count). The van der Waals surface area contributed by atoms with Gasteiger partial charge in [0.1, 0.15) is 17.7 Å². The molecule has 152 valence electrons. The molecular weight excluding hydrogens is 399 g/mol. The maximum atomic E-state index is 13.2.